The third kappa shape index (κ3) is 3.66. The molecule has 1 aliphatic heterocycles. The summed E-state index contributed by atoms with van der Waals surface area (Å²) in [5, 5.41) is 12.4. The first-order chi connectivity index (χ1) is 9.74. The van der Waals surface area contributed by atoms with Crippen LogP contribution in [-0.4, -0.2) is 52.1 Å². The molecule has 110 valence electrons. The Balaban J connectivity index is 2.04. The minimum Gasteiger partial charge on any atom is -0.396 e. The van der Waals surface area contributed by atoms with Crippen molar-refractivity contribution in [3.63, 3.8) is 0 Å². The molecule has 0 bridgehead atoms. The number of rotatable bonds is 5. The van der Waals surface area contributed by atoms with Crippen molar-refractivity contribution in [2.45, 2.75) is 26.2 Å². The lowest BCUT2D eigenvalue weighted by molar-refractivity contribution is 0.0614. The number of nitrogens with zero attached hydrogens (tertiary/aromatic N) is 3. The molecule has 1 aromatic heterocycles. The van der Waals surface area contributed by atoms with Crippen molar-refractivity contribution >= 4 is 11.7 Å². The Morgan fingerprint density at radius 3 is 3.15 bits per heavy atom. The lowest BCUT2D eigenvalue weighted by Gasteiger charge is -2.31. The lowest BCUT2D eigenvalue weighted by Crippen LogP contribution is -2.41. The molecular weight excluding hydrogens is 256 g/mol. The number of hydrogen-bond donors (Lipinski definition) is 2. The molecular formula is C14H22N4O2. The van der Waals surface area contributed by atoms with Crippen LogP contribution in [0, 0.1) is 5.92 Å². The van der Waals surface area contributed by atoms with Crippen LogP contribution >= 0.6 is 0 Å². The van der Waals surface area contributed by atoms with Gasteiger partial charge in [0, 0.05) is 26.2 Å². The van der Waals surface area contributed by atoms with Gasteiger partial charge in [0.2, 0.25) is 0 Å². The van der Waals surface area contributed by atoms with Crippen LogP contribution in [0.5, 0.6) is 0 Å². The first-order valence-corrected chi connectivity index (χ1v) is 7.20. The van der Waals surface area contributed by atoms with Crippen LogP contribution in [0.25, 0.3) is 0 Å². The number of carbonyl (C=O) groups excluding carboxylic acids is 1. The van der Waals surface area contributed by atoms with E-state index in [-0.39, 0.29) is 18.4 Å². The molecule has 1 amide bonds. The van der Waals surface area contributed by atoms with Gasteiger partial charge in [0.05, 0.1) is 12.4 Å². The van der Waals surface area contributed by atoms with E-state index in [4.69, 9.17) is 0 Å². The average Bonchev–Trinajstić information content (AvgIpc) is 2.52. The topological polar surface area (TPSA) is 78.4 Å². The summed E-state index contributed by atoms with van der Waals surface area (Å²) in [4.78, 5) is 22.5. The zero-order valence-electron chi connectivity index (χ0n) is 11.9. The smallest absolute Gasteiger partial charge is 0.274 e. The fraction of sp³-hybridized carbons (Fsp3) is 0.643. The quantitative estimate of drug-likeness (QED) is 0.844. The maximum Gasteiger partial charge on any atom is 0.274 e. The van der Waals surface area contributed by atoms with Gasteiger partial charge < -0.3 is 15.3 Å². The summed E-state index contributed by atoms with van der Waals surface area (Å²) in [5.41, 5.74) is 0.365. The number of carbonyl (C=O) groups is 1. The summed E-state index contributed by atoms with van der Waals surface area (Å²) >= 11 is 0. The van der Waals surface area contributed by atoms with E-state index in [9.17, 15) is 9.90 Å². The number of nitrogens with one attached hydrogen (secondary N) is 1. The first-order valence-electron chi connectivity index (χ1n) is 7.20. The standard InChI is InChI=1S/C14H22N4O2/c1-2-5-16-13-8-15-7-12(17-13)14(20)18-6-3-4-11(9-18)10-19/h7-8,11,19H,2-6,9-10H2,1H3,(H,16,17). The number of likely N-dealkylation sites (tertiary alicyclic amines) is 1. The molecule has 0 saturated carbocycles. The SMILES string of the molecule is CCCNc1cncc(C(=O)N2CCCC(CO)C2)n1. The Labute approximate surface area is 119 Å². The zero-order chi connectivity index (χ0) is 14.4. The van der Waals surface area contributed by atoms with Crippen LogP contribution in [0.4, 0.5) is 5.82 Å². The summed E-state index contributed by atoms with van der Waals surface area (Å²) in [6.45, 7) is 4.33. The molecule has 0 aliphatic carbocycles. The van der Waals surface area contributed by atoms with Crippen molar-refractivity contribution in [3.05, 3.63) is 18.1 Å². The number of aliphatic hydroxyl groups excluding tert-OH is 1. The van der Waals surface area contributed by atoms with Gasteiger partial charge in [0.15, 0.2) is 0 Å². The molecule has 6 nitrogen and oxygen atoms in total. The highest BCUT2D eigenvalue weighted by Gasteiger charge is 2.25. The molecule has 0 aromatic carbocycles. The van der Waals surface area contributed by atoms with Crippen LogP contribution < -0.4 is 5.32 Å². The molecule has 0 spiro atoms. The monoisotopic (exact) mass is 278 g/mol. The highest BCUT2D eigenvalue weighted by molar-refractivity contribution is 5.92. The van der Waals surface area contributed by atoms with Crippen LogP contribution in [0.1, 0.15) is 36.7 Å². The highest BCUT2D eigenvalue weighted by atomic mass is 16.3. The summed E-state index contributed by atoms with van der Waals surface area (Å²) in [5.74, 6) is 0.714. The summed E-state index contributed by atoms with van der Waals surface area (Å²) in [7, 11) is 0. The molecule has 1 aromatic rings. The maximum atomic E-state index is 12.4. The van der Waals surface area contributed by atoms with Gasteiger partial charge in [-0.25, -0.2) is 4.98 Å². The number of amides is 1. The van der Waals surface area contributed by atoms with Gasteiger partial charge in [-0.05, 0) is 25.2 Å². The van der Waals surface area contributed by atoms with E-state index in [0.717, 1.165) is 32.4 Å². The minimum atomic E-state index is -0.101. The number of hydrogen-bond acceptors (Lipinski definition) is 5. The molecule has 2 N–H and O–H groups in total. The Morgan fingerprint density at radius 2 is 2.40 bits per heavy atom. The van der Waals surface area contributed by atoms with Crippen LogP contribution in [0.3, 0.4) is 0 Å². The molecule has 2 rings (SSSR count). The molecule has 2 heterocycles. The van der Waals surface area contributed by atoms with E-state index in [0.29, 0.717) is 18.1 Å². The van der Waals surface area contributed by atoms with Gasteiger partial charge in [0.25, 0.3) is 5.91 Å². The Hall–Kier alpha value is -1.69. The predicted octanol–water partition coefficient (Wildman–Crippen LogP) is 1.14. The molecule has 1 saturated heterocycles. The largest absolute Gasteiger partial charge is 0.396 e. The van der Waals surface area contributed by atoms with E-state index in [1.165, 1.54) is 6.20 Å². The van der Waals surface area contributed by atoms with Gasteiger partial charge in [-0.2, -0.15) is 0 Å². The predicted molar refractivity (Wildman–Crippen MR) is 76.5 cm³/mol. The highest BCUT2D eigenvalue weighted by Crippen LogP contribution is 2.17. The van der Waals surface area contributed by atoms with E-state index >= 15 is 0 Å². The second-order valence-electron chi connectivity index (χ2n) is 5.16. The average molecular weight is 278 g/mol. The van der Waals surface area contributed by atoms with Crippen molar-refractivity contribution in [1.29, 1.82) is 0 Å². The zero-order valence-corrected chi connectivity index (χ0v) is 11.9. The lowest BCUT2D eigenvalue weighted by atomic mass is 9.99. The van der Waals surface area contributed by atoms with E-state index in [1.54, 1.807) is 11.1 Å². The fourth-order valence-electron chi connectivity index (χ4n) is 2.37. The summed E-state index contributed by atoms with van der Waals surface area (Å²) < 4.78 is 0. The fourth-order valence-corrected chi connectivity index (χ4v) is 2.37. The number of aromatic nitrogens is 2. The number of anilines is 1. The molecule has 6 heteroatoms. The molecule has 20 heavy (non-hydrogen) atoms. The summed E-state index contributed by atoms with van der Waals surface area (Å²) in [6.07, 6.45) is 6.02. The van der Waals surface area contributed by atoms with Crippen molar-refractivity contribution < 1.29 is 9.90 Å². The second kappa shape index (κ2) is 7.19. The van der Waals surface area contributed by atoms with Gasteiger partial charge in [-0.15, -0.1) is 0 Å². The molecule has 1 fully saturated rings. The minimum absolute atomic E-state index is 0.101. The molecule has 1 aliphatic rings. The van der Waals surface area contributed by atoms with Gasteiger partial charge >= 0.3 is 0 Å². The van der Waals surface area contributed by atoms with Gasteiger partial charge in [-0.1, -0.05) is 6.92 Å². The van der Waals surface area contributed by atoms with Crippen molar-refractivity contribution in [3.8, 4) is 0 Å². The number of aliphatic hydroxyl groups is 1. The Bertz CT molecular complexity index is 453. The van der Waals surface area contributed by atoms with Crippen molar-refractivity contribution in [2.24, 2.45) is 5.92 Å². The third-order valence-electron chi connectivity index (χ3n) is 3.47. The van der Waals surface area contributed by atoms with E-state index in [2.05, 4.69) is 22.2 Å². The number of piperidine rings is 1. The van der Waals surface area contributed by atoms with Crippen molar-refractivity contribution in [2.75, 3.05) is 31.6 Å². The normalized spacial score (nSPS) is 18.9. The van der Waals surface area contributed by atoms with E-state index in [1.807, 2.05) is 0 Å². The third-order valence-corrected chi connectivity index (χ3v) is 3.47. The van der Waals surface area contributed by atoms with Crippen LogP contribution in [0.2, 0.25) is 0 Å². The second-order valence-corrected chi connectivity index (χ2v) is 5.16. The van der Waals surface area contributed by atoms with Gasteiger partial charge in [0.1, 0.15) is 11.5 Å². The maximum absolute atomic E-state index is 12.4. The summed E-state index contributed by atoms with van der Waals surface area (Å²) in [6, 6.07) is 0. The molecule has 0 radical (unpaired) electrons. The van der Waals surface area contributed by atoms with E-state index < -0.39 is 0 Å². The van der Waals surface area contributed by atoms with Crippen molar-refractivity contribution in [1.82, 2.24) is 14.9 Å². The first kappa shape index (κ1) is 14.7. The molecule has 1 unspecified atom stereocenters. The van der Waals surface area contributed by atoms with Gasteiger partial charge in [-0.3, -0.25) is 9.78 Å². The van der Waals surface area contributed by atoms with Crippen LogP contribution in [0.15, 0.2) is 12.4 Å². The Kier molecular flexibility index (Phi) is 5.29. The molecule has 1 atom stereocenters. The van der Waals surface area contributed by atoms with Crippen LogP contribution in [-0.2, 0) is 0 Å². The Morgan fingerprint density at radius 1 is 1.55 bits per heavy atom.